The molecule has 0 unspecified atom stereocenters. The maximum Gasteiger partial charge on any atom is 0.333 e. The minimum atomic E-state index is -0.426. The summed E-state index contributed by atoms with van der Waals surface area (Å²) < 4.78 is 10.4. The van der Waals surface area contributed by atoms with Crippen LogP contribution < -0.4 is 4.74 Å². The Morgan fingerprint density at radius 1 is 1.10 bits per heavy atom. The molecule has 0 N–H and O–H groups in total. The molecule has 0 aliphatic heterocycles. The first kappa shape index (κ1) is 17.0. The fourth-order valence-electron chi connectivity index (χ4n) is 1.55. The Balaban J connectivity index is 2.47. The molecule has 0 amide bonds. The number of carbonyl (C=O) groups is 2. The van der Waals surface area contributed by atoms with E-state index < -0.39 is 11.4 Å². The summed E-state index contributed by atoms with van der Waals surface area (Å²) in [5.74, 6) is 0.293. The lowest BCUT2D eigenvalue weighted by atomic mass is 9.86. The molecule has 0 aromatic heterocycles. The molecule has 114 valence electrons. The maximum atomic E-state index is 12.1. The Hall–Kier alpha value is -2.10. The van der Waals surface area contributed by atoms with E-state index in [9.17, 15) is 9.59 Å². The van der Waals surface area contributed by atoms with Crippen LogP contribution in [0.1, 0.15) is 38.1 Å². The van der Waals surface area contributed by atoms with Crippen molar-refractivity contribution in [3.8, 4) is 5.75 Å². The standard InChI is InChI=1S/C17H22O4/c1-12(2)16(19)21-11-10-20-14-8-6-13(7-9-14)15(18)17(3,4)5/h6-9H,1,10-11H2,2-5H3. The Morgan fingerprint density at radius 2 is 1.67 bits per heavy atom. The molecule has 0 bridgehead atoms. The molecule has 0 fully saturated rings. The van der Waals surface area contributed by atoms with E-state index in [1.165, 1.54) is 0 Å². The van der Waals surface area contributed by atoms with Gasteiger partial charge in [0.1, 0.15) is 19.0 Å². The molecule has 0 aliphatic rings. The highest BCUT2D eigenvalue weighted by Crippen LogP contribution is 2.22. The van der Waals surface area contributed by atoms with Crippen molar-refractivity contribution in [3.63, 3.8) is 0 Å². The summed E-state index contributed by atoms with van der Waals surface area (Å²) in [6.45, 7) is 11.2. The number of hydrogen-bond donors (Lipinski definition) is 0. The van der Waals surface area contributed by atoms with Gasteiger partial charge in [-0.1, -0.05) is 27.4 Å². The second-order valence-corrected chi connectivity index (χ2v) is 5.87. The van der Waals surface area contributed by atoms with E-state index in [4.69, 9.17) is 9.47 Å². The van der Waals surface area contributed by atoms with Crippen LogP contribution >= 0.6 is 0 Å². The average Bonchev–Trinajstić information content (AvgIpc) is 2.42. The molecule has 0 radical (unpaired) electrons. The molecular weight excluding hydrogens is 268 g/mol. The molecule has 0 saturated carbocycles. The van der Waals surface area contributed by atoms with Gasteiger partial charge in [-0.3, -0.25) is 4.79 Å². The second kappa shape index (κ2) is 7.07. The van der Waals surface area contributed by atoms with Crippen LogP contribution in [0.2, 0.25) is 0 Å². The summed E-state index contributed by atoms with van der Waals surface area (Å²) in [7, 11) is 0. The largest absolute Gasteiger partial charge is 0.490 e. The van der Waals surface area contributed by atoms with E-state index >= 15 is 0 Å². The van der Waals surface area contributed by atoms with Crippen molar-refractivity contribution in [2.24, 2.45) is 5.41 Å². The van der Waals surface area contributed by atoms with Crippen molar-refractivity contribution in [1.82, 2.24) is 0 Å². The third-order valence-corrected chi connectivity index (χ3v) is 2.73. The fourth-order valence-corrected chi connectivity index (χ4v) is 1.55. The van der Waals surface area contributed by atoms with Gasteiger partial charge in [0.2, 0.25) is 0 Å². The molecule has 1 aromatic carbocycles. The van der Waals surface area contributed by atoms with Crippen LogP contribution in [0, 0.1) is 5.41 Å². The van der Waals surface area contributed by atoms with Gasteiger partial charge in [-0.2, -0.15) is 0 Å². The Labute approximate surface area is 125 Å². The van der Waals surface area contributed by atoms with Gasteiger partial charge in [0.25, 0.3) is 0 Å². The van der Waals surface area contributed by atoms with E-state index in [0.29, 0.717) is 16.9 Å². The van der Waals surface area contributed by atoms with Crippen LogP contribution in [0.3, 0.4) is 0 Å². The third kappa shape index (κ3) is 5.42. The molecule has 4 heteroatoms. The zero-order chi connectivity index (χ0) is 16.0. The van der Waals surface area contributed by atoms with E-state index in [1.54, 1.807) is 31.2 Å². The van der Waals surface area contributed by atoms with Gasteiger partial charge in [0.15, 0.2) is 5.78 Å². The smallest absolute Gasteiger partial charge is 0.333 e. The molecule has 0 aliphatic carbocycles. The second-order valence-electron chi connectivity index (χ2n) is 5.87. The van der Waals surface area contributed by atoms with Gasteiger partial charge in [0.05, 0.1) is 0 Å². The van der Waals surface area contributed by atoms with E-state index in [1.807, 2.05) is 20.8 Å². The van der Waals surface area contributed by atoms with Crippen LogP contribution in [0.15, 0.2) is 36.4 Å². The Morgan fingerprint density at radius 3 is 2.14 bits per heavy atom. The van der Waals surface area contributed by atoms with Gasteiger partial charge in [-0.15, -0.1) is 0 Å². The van der Waals surface area contributed by atoms with E-state index in [2.05, 4.69) is 6.58 Å². The highest BCUT2D eigenvalue weighted by molar-refractivity contribution is 5.99. The monoisotopic (exact) mass is 290 g/mol. The topological polar surface area (TPSA) is 52.6 Å². The lowest BCUT2D eigenvalue weighted by Crippen LogP contribution is -2.20. The molecule has 0 heterocycles. The van der Waals surface area contributed by atoms with Crippen LogP contribution in [0.5, 0.6) is 5.75 Å². The molecule has 0 saturated heterocycles. The van der Waals surface area contributed by atoms with Crippen molar-refractivity contribution in [3.05, 3.63) is 42.0 Å². The van der Waals surface area contributed by atoms with Crippen molar-refractivity contribution in [2.75, 3.05) is 13.2 Å². The number of ketones is 1. The SMILES string of the molecule is C=C(C)C(=O)OCCOc1ccc(C(=O)C(C)(C)C)cc1. The number of esters is 1. The van der Waals surface area contributed by atoms with Crippen LogP contribution in [0.4, 0.5) is 0 Å². The third-order valence-electron chi connectivity index (χ3n) is 2.73. The van der Waals surface area contributed by atoms with Gasteiger partial charge >= 0.3 is 5.97 Å². The molecule has 1 aromatic rings. The summed E-state index contributed by atoms with van der Waals surface area (Å²) in [5, 5.41) is 0. The van der Waals surface area contributed by atoms with Crippen LogP contribution in [0.25, 0.3) is 0 Å². The number of ether oxygens (including phenoxy) is 2. The first-order chi connectivity index (χ1) is 9.71. The molecule has 4 nitrogen and oxygen atoms in total. The molecular formula is C17H22O4. The molecule has 21 heavy (non-hydrogen) atoms. The van der Waals surface area contributed by atoms with Gasteiger partial charge < -0.3 is 9.47 Å². The van der Waals surface area contributed by atoms with E-state index in [-0.39, 0.29) is 19.0 Å². The Kier molecular flexibility index (Phi) is 5.70. The quantitative estimate of drug-likeness (QED) is 0.349. The number of benzene rings is 1. The van der Waals surface area contributed by atoms with Gasteiger partial charge in [-0.05, 0) is 31.2 Å². The summed E-state index contributed by atoms with van der Waals surface area (Å²) in [6, 6.07) is 6.95. The molecule has 0 spiro atoms. The minimum Gasteiger partial charge on any atom is -0.490 e. The van der Waals surface area contributed by atoms with Crippen molar-refractivity contribution in [1.29, 1.82) is 0 Å². The van der Waals surface area contributed by atoms with Gasteiger partial charge in [-0.25, -0.2) is 4.79 Å². The molecule has 0 atom stereocenters. The predicted octanol–water partition coefficient (Wildman–Crippen LogP) is 3.41. The fraction of sp³-hybridized carbons (Fsp3) is 0.412. The zero-order valence-corrected chi connectivity index (χ0v) is 13.1. The maximum absolute atomic E-state index is 12.1. The van der Waals surface area contributed by atoms with E-state index in [0.717, 1.165) is 0 Å². The predicted molar refractivity (Wildman–Crippen MR) is 81.5 cm³/mol. The lowest BCUT2D eigenvalue weighted by Gasteiger charge is -2.16. The average molecular weight is 290 g/mol. The summed E-state index contributed by atoms with van der Waals surface area (Å²) >= 11 is 0. The highest BCUT2D eigenvalue weighted by Gasteiger charge is 2.22. The summed E-state index contributed by atoms with van der Waals surface area (Å²) in [5.41, 5.74) is 0.614. The van der Waals surface area contributed by atoms with Crippen molar-refractivity contribution in [2.45, 2.75) is 27.7 Å². The van der Waals surface area contributed by atoms with Crippen LogP contribution in [-0.2, 0) is 9.53 Å². The van der Waals surface area contributed by atoms with Crippen LogP contribution in [-0.4, -0.2) is 25.0 Å². The molecule has 1 rings (SSSR count). The number of hydrogen-bond acceptors (Lipinski definition) is 4. The first-order valence-corrected chi connectivity index (χ1v) is 6.82. The number of rotatable bonds is 6. The summed E-state index contributed by atoms with van der Waals surface area (Å²) in [4.78, 5) is 23.2. The zero-order valence-electron chi connectivity index (χ0n) is 13.1. The summed E-state index contributed by atoms with van der Waals surface area (Å²) in [6.07, 6.45) is 0. The normalized spacial score (nSPS) is 10.9. The number of carbonyl (C=O) groups excluding carboxylic acids is 2. The first-order valence-electron chi connectivity index (χ1n) is 6.82. The van der Waals surface area contributed by atoms with Gasteiger partial charge in [0, 0.05) is 16.6 Å². The number of Topliss-reactive ketones (excluding diaryl/α,β-unsaturated/α-hetero) is 1. The lowest BCUT2D eigenvalue weighted by molar-refractivity contribution is -0.139. The van der Waals surface area contributed by atoms with Crippen molar-refractivity contribution >= 4 is 11.8 Å². The minimum absolute atomic E-state index is 0.0874. The van der Waals surface area contributed by atoms with Crippen molar-refractivity contribution < 1.29 is 19.1 Å². The highest BCUT2D eigenvalue weighted by atomic mass is 16.6. The Bertz CT molecular complexity index is 521.